The SMILES string of the molecule is CC.CC(=O)c1cccc2c1OB1C=C(c3ccc(C)c(NC(=O)C(N)CN)c3)NC1C2. The standard InChI is InChI=1S/C22H25BN4O3.C2H6/c1-12-6-7-14(8-18(12)27-22(29)17(25)11-24)19-10-23-20(26-19)9-15-4-3-5-16(13(2)28)21(15)30-23;1-2/h3-8,10,17,20,26H,9,11,24-25H2,1-2H3,(H,27,29);1-2H3. The fourth-order valence-corrected chi connectivity index (χ4v) is 3.86. The highest BCUT2D eigenvalue weighted by Gasteiger charge is 2.39. The van der Waals surface area contributed by atoms with Crippen molar-refractivity contribution in [2.45, 2.75) is 46.1 Å². The van der Waals surface area contributed by atoms with Crippen LogP contribution in [0.5, 0.6) is 5.75 Å². The number of hydrogen-bond acceptors (Lipinski definition) is 6. The van der Waals surface area contributed by atoms with E-state index in [4.69, 9.17) is 16.1 Å². The van der Waals surface area contributed by atoms with Crippen LogP contribution in [0.1, 0.15) is 47.8 Å². The minimum absolute atomic E-state index is 0.00457. The largest absolute Gasteiger partial charge is 0.554 e. The smallest absolute Gasteiger partial charge is 0.409 e. The van der Waals surface area contributed by atoms with Crippen molar-refractivity contribution < 1.29 is 14.2 Å². The van der Waals surface area contributed by atoms with E-state index < -0.39 is 6.04 Å². The third-order valence-electron chi connectivity index (χ3n) is 5.64. The van der Waals surface area contributed by atoms with Gasteiger partial charge in [-0.3, -0.25) is 9.59 Å². The molecule has 6 N–H and O–H groups in total. The fourth-order valence-electron chi connectivity index (χ4n) is 3.86. The first-order valence-corrected chi connectivity index (χ1v) is 11.0. The molecular weight excluding hydrogens is 403 g/mol. The van der Waals surface area contributed by atoms with Crippen LogP contribution < -0.4 is 26.8 Å². The van der Waals surface area contributed by atoms with E-state index in [1.807, 2.05) is 57.1 Å². The molecule has 4 rings (SSSR count). The summed E-state index contributed by atoms with van der Waals surface area (Å²) >= 11 is 0. The van der Waals surface area contributed by atoms with E-state index in [0.29, 0.717) is 17.0 Å². The summed E-state index contributed by atoms with van der Waals surface area (Å²) in [4.78, 5) is 24.1. The number of hydrogen-bond donors (Lipinski definition) is 4. The molecule has 8 heteroatoms. The maximum absolute atomic E-state index is 12.2. The third kappa shape index (κ3) is 4.71. The quantitative estimate of drug-likeness (QED) is 0.424. The number of anilines is 1. The number of carbonyl (C=O) groups is 2. The first-order valence-electron chi connectivity index (χ1n) is 11.0. The highest BCUT2D eigenvalue weighted by Crippen LogP contribution is 2.35. The zero-order chi connectivity index (χ0) is 23.4. The molecule has 1 amide bonds. The van der Waals surface area contributed by atoms with Gasteiger partial charge in [0.1, 0.15) is 5.75 Å². The van der Waals surface area contributed by atoms with Gasteiger partial charge in [-0.2, -0.15) is 0 Å². The van der Waals surface area contributed by atoms with Gasteiger partial charge in [-0.15, -0.1) is 0 Å². The number of fused-ring (bicyclic) bond motifs is 2. The molecule has 2 aromatic carbocycles. The monoisotopic (exact) mass is 434 g/mol. The molecule has 0 radical (unpaired) electrons. The number of carbonyl (C=O) groups excluding carboxylic acids is 2. The second kappa shape index (κ2) is 10.0. The molecule has 0 spiro atoms. The van der Waals surface area contributed by atoms with Crippen molar-refractivity contribution in [2.24, 2.45) is 11.5 Å². The number of rotatable bonds is 5. The van der Waals surface area contributed by atoms with Gasteiger partial charge in [0.15, 0.2) is 5.78 Å². The molecule has 168 valence electrons. The normalized spacial score (nSPS) is 16.9. The van der Waals surface area contributed by atoms with Crippen molar-refractivity contribution in [3.05, 3.63) is 64.6 Å². The van der Waals surface area contributed by atoms with Gasteiger partial charge < -0.3 is 26.8 Å². The first kappa shape index (κ1) is 23.6. The van der Waals surface area contributed by atoms with Crippen molar-refractivity contribution in [3.8, 4) is 5.75 Å². The number of nitrogens with one attached hydrogen (secondary N) is 2. The van der Waals surface area contributed by atoms with Gasteiger partial charge in [-0.05, 0) is 55.1 Å². The molecule has 7 nitrogen and oxygen atoms in total. The predicted octanol–water partition coefficient (Wildman–Crippen LogP) is 2.47. The topological polar surface area (TPSA) is 119 Å². The van der Waals surface area contributed by atoms with Gasteiger partial charge in [-0.25, -0.2) is 0 Å². The molecular formula is C24H31BN4O3. The van der Waals surface area contributed by atoms with Crippen molar-refractivity contribution >= 4 is 30.0 Å². The second-order valence-electron chi connectivity index (χ2n) is 7.83. The lowest BCUT2D eigenvalue weighted by Crippen LogP contribution is -2.44. The third-order valence-corrected chi connectivity index (χ3v) is 5.64. The number of Topliss-reactive ketones (excluding diaryl/α,β-unsaturated/α-hetero) is 1. The Labute approximate surface area is 189 Å². The number of aryl methyl sites for hydroxylation is 1. The molecule has 2 aliphatic rings. The van der Waals surface area contributed by atoms with Gasteiger partial charge in [-0.1, -0.05) is 38.1 Å². The maximum Gasteiger partial charge on any atom is 0.409 e. The Kier molecular flexibility index (Phi) is 7.38. The Hall–Kier alpha value is -3.10. The molecule has 0 saturated heterocycles. The van der Waals surface area contributed by atoms with Gasteiger partial charge in [0.25, 0.3) is 0 Å². The van der Waals surface area contributed by atoms with E-state index in [-0.39, 0.29) is 31.1 Å². The lowest BCUT2D eigenvalue weighted by molar-refractivity contribution is -0.117. The summed E-state index contributed by atoms with van der Waals surface area (Å²) < 4.78 is 6.20. The van der Waals surface area contributed by atoms with E-state index in [9.17, 15) is 9.59 Å². The number of benzene rings is 2. The summed E-state index contributed by atoms with van der Waals surface area (Å²) in [7, 11) is 0. The molecule has 32 heavy (non-hydrogen) atoms. The Bertz CT molecular complexity index is 1050. The molecule has 2 unspecified atom stereocenters. The van der Waals surface area contributed by atoms with E-state index in [1.165, 1.54) is 0 Å². The van der Waals surface area contributed by atoms with Gasteiger partial charge >= 0.3 is 6.92 Å². The number of nitrogens with two attached hydrogens (primary N) is 2. The lowest BCUT2D eigenvalue weighted by Gasteiger charge is -2.28. The van der Waals surface area contributed by atoms with Crippen molar-refractivity contribution in [2.75, 3.05) is 11.9 Å². The van der Waals surface area contributed by atoms with Crippen LogP contribution in [-0.4, -0.2) is 37.1 Å². The highest BCUT2D eigenvalue weighted by molar-refractivity contribution is 6.63. The van der Waals surface area contributed by atoms with Crippen LogP contribution >= 0.6 is 0 Å². The van der Waals surface area contributed by atoms with Crippen LogP contribution in [0, 0.1) is 6.92 Å². The lowest BCUT2D eigenvalue weighted by atomic mass is 9.58. The number of amides is 1. The maximum atomic E-state index is 12.2. The predicted molar refractivity (Wildman–Crippen MR) is 130 cm³/mol. The Morgan fingerprint density at radius 1 is 1.28 bits per heavy atom. The van der Waals surface area contributed by atoms with Gasteiger partial charge in [0.2, 0.25) is 5.91 Å². The average Bonchev–Trinajstić information content (AvgIpc) is 3.22. The minimum Gasteiger partial charge on any atom is -0.554 e. The summed E-state index contributed by atoms with van der Waals surface area (Å²) in [6, 6.07) is 10.8. The zero-order valence-electron chi connectivity index (χ0n) is 19.1. The highest BCUT2D eigenvalue weighted by atomic mass is 16.4. The van der Waals surface area contributed by atoms with E-state index in [0.717, 1.165) is 28.8 Å². The molecule has 0 saturated carbocycles. The van der Waals surface area contributed by atoms with Gasteiger partial charge in [0, 0.05) is 17.9 Å². The summed E-state index contributed by atoms with van der Waals surface area (Å²) in [5, 5.41) is 6.38. The zero-order valence-corrected chi connectivity index (χ0v) is 19.1. The Balaban J connectivity index is 0.00000141. The molecule has 0 bridgehead atoms. The van der Waals surface area contributed by atoms with Gasteiger partial charge in [0.05, 0.1) is 17.5 Å². The minimum atomic E-state index is -0.748. The summed E-state index contributed by atoms with van der Waals surface area (Å²) in [5.74, 6) is 2.48. The Morgan fingerprint density at radius 2 is 2.03 bits per heavy atom. The van der Waals surface area contributed by atoms with Crippen LogP contribution in [0.15, 0.2) is 42.4 Å². The van der Waals surface area contributed by atoms with E-state index in [2.05, 4.69) is 10.6 Å². The molecule has 2 atom stereocenters. The van der Waals surface area contributed by atoms with Crippen LogP contribution in [0.2, 0.25) is 0 Å². The number of ketones is 1. The molecule has 2 heterocycles. The Morgan fingerprint density at radius 3 is 2.72 bits per heavy atom. The molecule has 2 aliphatic heterocycles. The van der Waals surface area contributed by atoms with Crippen molar-refractivity contribution in [3.63, 3.8) is 0 Å². The second-order valence-corrected chi connectivity index (χ2v) is 7.83. The summed E-state index contributed by atoms with van der Waals surface area (Å²) in [6.07, 6.45) is 0.766. The first-order chi connectivity index (χ1) is 15.4. The van der Waals surface area contributed by atoms with Crippen LogP contribution in [-0.2, 0) is 11.2 Å². The van der Waals surface area contributed by atoms with Crippen molar-refractivity contribution in [1.82, 2.24) is 5.32 Å². The molecule has 0 fully saturated rings. The summed E-state index contributed by atoms with van der Waals surface area (Å²) in [5.41, 5.74) is 16.4. The van der Waals surface area contributed by atoms with E-state index in [1.54, 1.807) is 13.0 Å². The molecule has 0 aromatic heterocycles. The van der Waals surface area contributed by atoms with Crippen LogP contribution in [0.25, 0.3) is 5.70 Å². The summed E-state index contributed by atoms with van der Waals surface area (Å²) in [6.45, 7) is 7.39. The van der Waals surface area contributed by atoms with Crippen LogP contribution in [0.3, 0.4) is 0 Å². The average molecular weight is 434 g/mol. The number of para-hydroxylation sites is 1. The van der Waals surface area contributed by atoms with Crippen LogP contribution in [0.4, 0.5) is 5.69 Å². The van der Waals surface area contributed by atoms with Crippen molar-refractivity contribution in [1.29, 1.82) is 0 Å². The molecule has 2 aromatic rings. The van der Waals surface area contributed by atoms with E-state index >= 15 is 0 Å². The molecule has 0 aliphatic carbocycles. The fraction of sp³-hybridized carbons (Fsp3) is 0.333.